The molecule has 0 radical (unpaired) electrons. The van der Waals surface area contributed by atoms with Crippen LogP contribution in [-0.2, 0) is 4.79 Å². The Morgan fingerprint density at radius 2 is 1.77 bits per heavy atom. The molecule has 0 aromatic heterocycles. The van der Waals surface area contributed by atoms with E-state index in [4.69, 9.17) is 16.3 Å². The lowest BCUT2D eigenvalue weighted by Gasteiger charge is -2.41. The van der Waals surface area contributed by atoms with Crippen LogP contribution in [0.25, 0.3) is 0 Å². The molecule has 2 unspecified atom stereocenters. The normalized spacial score (nSPS) is 28.1. The molecule has 0 aliphatic carbocycles. The molecule has 2 aliphatic heterocycles. The topological polar surface area (TPSA) is 29.5 Å². The van der Waals surface area contributed by atoms with Gasteiger partial charge in [-0.1, -0.05) is 41.4 Å². The largest absolute Gasteiger partial charge is 0.426 e. The molecule has 2 fully saturated rings. The van der Waals surface area contributed by atoms with E-state index in [1.807, 2.05) is 43.3 Å². The van der Waals surface area contributed by atoms with Crippen LogP contribution >= 0.6 is 11.6 Å². The molecule has 2 aliphatic rings. The van der Waals surface area contributed by atoms with Crippen LogP contribution in [0.2, 0.25) is 5.02 Å². The van der Waals surface area contributed by atoms with Gasteiger partial charge < -0.3 is 4.74 Å². The van der Waals surface area contributed by atoms with Gasteiger partial charge in [0.2, 0.25) is 0 Å². The number of piperidine rings is 1. The monoisotopic (exact) mass is 369 g/mol. The van der Waals surface area contributed by atoms with Crippen molar-refractivity contribution in [1.29, 1.82) is 0 Å². The first-order valence-electron chi connectivity index (χ1n) is 9.28. The zero-order valence-electron chi connectivity index (χ0n) is 15.2. The number of hydrogen-bond donors (Lipinski definition) is 0. The molecule has 3 nitrogen and oxygen atoms in total. The molecule has 0 amide bonds. The number of esters is 1. The molecule has 2 heterocycles. The number of carbonyl (C=O) groups is 1. The van der Waals surface area contributed by atoms with E-state index >= 15 is 0 Å². The third-order valence-corrected chi connectivity index (χ3v) is 6.33. The fraction of sp³-hybridized carbons (Fsp3) is 0.409. The highest BCUT2D eigenvalue weighted by Gasteiger charge is 2.49. The average molecular weight is 370 g/mol. The fourth-order valence-electron chi connectivity index (χ4n) is 4.63. The van der Waals surface area contributed by atoms with Crippen LogP contribution in [0.3, 0.4) is 0 Å². The summed E-state index contributed by atoms with van der Waals surface area (Å²) >= 11 is 6.06. The van der Waals surface area contributed by atoms with E-state index in [9.17, 15) is 4.79 Å². The second-order valence-electron chi connectivity index (χ2n) is 7.62. The average Bonchev–Trinajstić information content (AvgIpc) is 2.87. The third kappa shape index (κ3) is 3.26. The zero-order chi connectivity index (χ0) is 18.3. The Bertz CT molecular complexity index is 787. The van der Waals surface area contributed by atoms with Gasteiger partial charge in [-0.15, -0.1) is 0 Å². The van der Waals surface area contributed by atoms with Gasteiger partial charge in [-0.25, -0.2) is 0 Å². The Labute approximate surface area is 159 Å². The summed E-state index contributed by atoms with van der Waals surface area (Å²) in [5, 5.41) is 0.725. The maximum Gasteiger partial charge on any atom is 0.316 e. The van der Waals surface area contributed by atoms with Crippen LogP contribution in [-0.4, -0.2) is 30.0 Å². The van der Waals surface area contributed by atoms with Gasteiger partial charge in [0.1, 0.15) is 5.75 Å². The number of benzene rings is 2. The quantitative estimate of drug-likeness (QED) is 0.573. The molecule has 4 atom stereocenters. The number of carbonyl (C=O) groups excluding carboxylic acids is 1. The van der Waals surface area contributed by atoms with Crippen molar-refractivity contribution in [3.05, 3.63) is 64.7 Å². The summed E-state index contributed by atoms with van der Waals surface area (Å²) in [5.41, 5.74) is 2.34. The predicted molar refractivity (Wildman–Crippen MR) is 104 cm³/mol. The molecule has 4 heteroatoms. The van der Waals surface area contributed by atoms with Crippen molar-refractivity contribution in [1.82, 2.24) is 4.90 Å². The van der Waals surface area contributed by atoms with Crippen molar-refractivity contribution in [3.8, 4) is 5.75 Å². The van der Waals surface area contributed by atoms with Crippen molar-refractivity contribution < 1.29 is 9.53 Å². The number of rotatable bonds is 3. The summed E-state index contributed by atoms with van der Waals surface area (Å²) < 4.78 is 5.79. The predicted octanol–water partition coefficient (Wildman–Crippen LogP) is 4.82. The van der Waals surface area contributed by atoms with E-state index in [2.05, 4.69) is 24.1 Å². The Morgan fingerprint density at radius 1 is 1.08 bits per heavy atom. The van der Waals surface area contributed by atoms with Crippen LogP contribution < -0.4 is 4.74 Å². The van der Waals surface area contributed by atoms with Crippen LogP contribution in [0.1, 0.15) is 36.3 Å². The molecule has 26 heavy (non-hydrogen) atoms. The van der Waals surface area contributed by atoms with E-state index < -0.39 is 0 Å². The molecule has 2 aromatic rings. The summed E-state index contributed by atoms with van der Waals surface area (Å²) in [6.07, 6.45) is 3.20. The lowest BCUT2D eigenvalue weighted by Crippen LogP contribution is -2.49. The SMILES string of the molecule is Cc1ccc(OC(=O)C2C3CC[C@H](C[C@@H]2c2ccc(Cl)cc2)N3C)cc1. The smallest absolute Gasteiger partial charge is 0.316 e. The number of aryl methyl sites for hydroxylation is 1. The third-order valence-electron chi connectivity index (χ3n) is 6.08. The maximum atomic E-state index is 13.2. The molecule has 136 valence electrons. The lowest BCUT2D eigenvalue weighted by molar-refractivity contribution is -0.143. The minimum Gasteiger partial charge on any atom is -0.426 e. The minimum atomic E-state index is -0.152. The summed E-state index contributed by atoms with van der Waals surface area (Å²) in [5.74, 6) is 0.532. The van der Waals surface area contributed by atoms with Gasteiger partial charge in [-0.3, -0.25) is 9.69 Å². The first-order chi connectivity index (χ1) is 12.5. The van der Waals surface area contributed by atoms with E-state index in [-0.39, 0.29) is 23.8 Å². The van der Waals surface area contributed by atoms with Crippen molar-refractivity contribution in [2.24, 2.45) is 5.92 Å². The Morgan fingerprint density at radius 3 is 2.46 bits per heavy atom. The summed E-state index contributed by atoms with van der Waals surface area (Å²) in [7, 11) is 2.15. The van der Waals surface area contributed by atoms with Crippen LogP contribution in [0.4, 0.5) is 0 Å². The Kier molecular flexibility index (Phi) is 4.76. The Balaban J connectivity index is 1.63. The highest BCUT2D eigenvalue weighted by atomic mass is 35.5. The van der Waals surface area contributed by atoms with Crippen LogP contribution in [0.5, 0.6) is 5.75 Å². The van der Waals surface area contributed by atoms with Crippen LogP contribution in [0.15, 0.2) is 48.5 Å². The van der Waals surface area contributed by atoms with Crippen molar-refractivity contribution in [2.75, 3.05) is 7.05 Å². The molecule has 2 aromatic carbocycles. The van der Waals surface area contributed by atoms with E-state index in [1.54, 1.807) is 0 Å². The molecule has 0 saturated carbocycles. The molecular weight excluding hydrogens is 346 g/mol. The van der Waals surface area contributed by atoms with Crippen LogP contribution in [0, 0.1) is 12.8 Å². The molecule has 0 spiro atoms. The minimum absolute atomic E-state index is 0.119. The highest BCUT2D eigenvalue weighted by molar-refractivity contribution is 6.30. The van der Waals surface area contributed by atoms with E-state index in [0.717, 1.165) is 29.8 Å². The van der Waals surface area contributed by atoms with Gasteiger partial charge in [0.15, 0.2) is 0 Å². The summed E-state index contributed by atoms with van der Waals surface area (Å²) in [4.78, 5) is 15.5. The molecule has 2 saturated heterocycles. The first kappa shape index (κ1) is 17.6. The number of ether oxygens (including phenoxy) is 1. The van der Waals surface area contributed by atoms with E-state index in [0.29, 0.717) is 11.8 Å². The maximum absolute atomic E-state index is 13.2. The summed E-state index contributed by atoms with van der Waals surface area (Å²) in [6.45, 7) is 2.02. The second kappa shape index (κ2) is 7.05. The molecule has 2 bridgehead atoms. The standard InChI is InChI=1S/C22H24ClNO2/c1-14-3-10-18(11-4-14)26-22(25)21-19(15-5-7-16(23)8-6-15)13-17-9-12-20(21)24(17)2/h3-8,10-11,17,19-21H,9,12-13H2,1-2H3/t17-,19-,20?,21?/m1/s1. The van der Waals surface area contributed by atoms with Gasteiger partial charge in [0.25, 0.3) is 0 Å². The van der Waals surface area contributed by atoms with Gasteiger partial charge in [0, 0.05) is 23.0 Å². The van der Waals surface area contributed by atoms with Gasteiger partial charge in [-0.05, 0) is 63.1 Å². The summed E-state index contributed by atoms with van der Waals surface area (Å²) in [6, 6.07) is 16.4. The van der Waals surface area contributed by atoms with Crippen molar-refractivity contribution in [2.45, 2.75) is 44.2 Å². The van der Waals surface area contributed by atoms with E-state index in [1.165, 1.54) is 5.56 Å². The second-order valence-corrected chi connectivity index (χ2v) is 8.05. The van der Waals surface area contributed by atoms with Crippen molar-refractivity contribution in [3.63, 3.8) is 0 Å². The number of nitrogens with zero attached hydrogens (tertiary/aromatic N) is 1. The lowest BCUT2D eigenvalue weighted by atomic mass is 9.76. The van der Waals surface area contributed by atoms with Gasteiger partial charge in [0.05, 0.1) is 5.92 Å². The Hall–Kier alpha value is -1.84. The number of halogens is 1. The van der Waals surface area contributed by atoms with Crippen molar-refractivity contribution >= 4 is 17.6 Å². The first-order valence-corrected chi connectivity index (χ1v) is 9.66. The highest BCUT2D eigenvalue weighted by Crippen LogP contribution is 2.46. The fourth-order valence-corrected chi connectivity index (χ4v) is 4.76. The molecule has 4 rings (SSSR count). The van der Waals surface area contributed by atoms with Gasteiger partial charge in [-0.2, -0.15) is 0 Å². The van der Waals surface area contributed by atoms with Gasteiger partial charge >= 0.3 is 5.97 Å². The molecular formula is C22H24ClNO2. The number of fused-ring (bicyclic) bond motifs is 2. The number of hydrogen-bond acceptors (Lipinski definition) is 3. The molecule has 0 N–H and O–H groups in total. The zero-order valence-corrected chi connectivity index (χ0v) is 15.9.